The van der Waals surface area contributed by atoms with Crippen molar-refractivity contribution < 1.29 is 0 Å². The van der Waals surface area contributed by atoms with E-state index in [1.54, 1.807) is 0 Å². The van der Waals surface area contributed by atoms with E-state index in [0.717, 1.165) is 55.6 Å². The zero-order valence-electron chi connectivity index (χ0n) is 17.9. The van der Waals surface area contributed by atoms with E-state index in [1.165, 1.54) is 45.1 Å². The molecule has 7 nitrogen and oxygen atoms in total. The van der Waals surface area contributed by atoms with Crippen LogP contribution in [0.1, 0.15) is 57.1 Å². The second-order valence-corrected chi connectivity index (χ2v) is 8.88. The molecular formula is C21H37N7. The van der Waals surface area contributed by atoms with Gasteiger partial charge in [-0.25, -0.2) is 4.99 Å². The lowest BCUT2D eigenvalue weighted by atomic mass is 9.82. The Kier molecular flexibility index (Phi) is 6.19. The van der Waals surface area contributed by atoms with Crippen LogP contribution in [-0.2, 0) is 13.6 Å². The minimum Gasteiger partial charge on any atom is -0.355 e. The Bertz CT molecular complexity index is 668. The molecule has 3 heterocycles. The fourth-order valence-corrected chi connectivity index (χ4v) is 5.33. The number of hydrogen-bond acceptors (Lipinski definition) is 4. The van der Waals surface area contributed by atoms with E-state index < -0.39 is 0 Å². The summed E-state index contributed by atoms with van der Waals surface area (Å²) in [6.45, 7) is 10.6. The summed E-state index contributed by atoms with van der Waals surface area (Å²) in [4.78, 5) is 10.1. The summed E-state index contributed by atoms with van der Waals surface area (Å²) < 4.78 is 2.04. The second-order valence-electron chi connectivity index (χ2n) is 8.88. The Balaban J connectivity index is 1.45. The third-order valence-electron chi connectivity index (χ3n) is 7.23. The summed E-state index contributed by atoms with van der Waals surface area (Å²) in [6.07, 6.45) is 8.20. The molecule has 3 fully saturated rings. The molecule has 0 spiro atoms. The van der Waals surface area contributed by atoms with E-state index in [4.69, 9.17) is 4.99 Å². The molecule has 1 N–H and O–H groups in total. The maximum Gasteiger partial charge on any atom is 0.194 e. The highest BCUT2D eigenvalue weighted by Crippen LogP contribution is 2.36. The van der Waals surface area contributed by atoms with Gasteiger partial charge in [-0.05, 0) is 57.5 Å². The monoisotopic (exact) mass is 387 g/mol. The van der Waals surface area contributed by atoms with Gasteiger partial charge in [-0.2, -0.15) is 0 Å². The average Bonchev–Trinajstić information content (AvgIpc) is 3.42. The summed E-state index contributed by atoms with van der Waals surface area (Å²) in [5, 5.41) is 12.2. The molecule has 1 aromatic heterocycles. The highest BCUT2D eigenvalue weighted by atomic mass is 15.3. The summed E-state index contributed by atoms with van der Waals surface area (Å²) in [7, 11) is 2.02. The molecule has 0 bridgehead atoms. The minimum absolute atomic E-state index is 0.591. The number of likely N-dealkylation sites (tertiary alicyclic amines) is 2. The van der Waals surface area contributed by atoms with Crippen LogP contribution in [0.15, 0.2) is 4.99 Å². The smallest absolute Gasteiger partial charge is 0.194 e. The van der Waals surface area contributed by atoms with Crippen molar-refractivity contribution in [3.63, 3.8) is 0 Å². The van der Waals surface area contributed by atoms with Gasteiger partial charge in [0.15, 0.2) is 11.8 Å². The molecule has 3 atom stereocenters. The zero-order valence-corrected chi connectivity index (χ0v) is 17.9. The molecule has 1 aliphatic carbocycles. The number of likely N-dealkylation sites (N-methyl/N-ethyl adjacent to an activating group) is 1. The van der Waals surface area contributed by atoms with Gasteiger partial charge in [0, 0.05) is 32.7 Å². The number of nitrogens with one attached hydrogen (secondary N) is 1. The molecule has 1 saturated carbocycles. The highest BCUT2D eigenvalue weighted by Gasteiger charge is 2.36. The van der Waals surface area contributed by atoms with Crippen molar-refractivity contribution in [3.05, 3.63) is 11.6 Å². The lowest BCUT2D eigenvalue weighted by Crippen LogP contribution is -2.46. The lowest BCUT2D eigenvalue weighted by molar-refractivity contribution is 0.265. The van der Waals surface area contributed by atoms with Gasteiger partial charge in [-0.15, -0.1) is 10.2 Å². The number of hydrogen-bond donors (Lipinski definition) is 1. The van der Waals surface area contributed by atoms with Gasteiger partial charge >= 0.3 is 0 Å². The standard InChI is InChI=1S/C21H37N7/c1-4-27-11-7-10-19(27)12-22-21(23-13-20-25-24-16(2)26(20)3)28-14-17-8-5-6-9-18(17)15-28/h17-19H,4-15H2,1-3H3,(H,22,23). The molecular weight excluding hydrogens is 350 g/mol. The first kappa shape index (κ1) is 19.7. The van der Waals surface area contributed by atoms with Gasteiger partial charge in [-0.3, -0.25) is 4.90 Å². The molecule has 7 heteroatoms. The van der Waals surface area contributed by atoms with E-state index in [0.29, 0.717) is 12.6 Å². The van der Waals surface area contributed by atoms with Gasteiger partial charge in [-0.1, -0.05) is 19.8 Å². The summed E-state index contributed by atoms with van der Waals surface area (Å²) in [5.41, 5.74) is 0. The summed E-state index contributed by atoms with van der Waals surface area (Å²) in [5.74, 6) is 4.67. The number of aromatic nitrogens is 3. The normalized spacial score (nSPS) is 28.8. The molecule has 0 aromatic carbocycles. The molecule has 0 radical (unpaired) electrons. The first-order chi connectivity index (χ1) is 13.7. The van der Waals surface area contributed by atoms with Crippen molar-refractivity contribution in [3.8, 4) is 0 Å². The van der Waals surface area contributed by atoms with Crippen LogP contribution < -0.4 is 5.32 Å². The molecule has 3 aliphatic rings. The van der Waals surface area contributed by atoms with Crippen molar-refractivity contribution in [2.75, 3.05) is 32.7 Å². The van der Waals surface area contributed by atoms with Crippen molar-refractivity contribution in [2.45, 2.75) is 65.0 Å². The number of rotatable bonds is 5. The zero-order chi connectivity index (χ0) is 19.5. The van der Waals surface area contributed by atoms with Crippen molar-refractivity contribution in [1.29, 1.82) is 0 Å². The third kappa shape index (κ3) is 4.19. The van der Waals surface area contributed by atoms with Crippen LogP contribution in [0.5, 0.6) is 0 Å². The molecule has 28 heavy (non-hydrogen) atoms. The van der Waals surface area contributed by atoms with Crippen molar-refractivity contribution in [1.82, 2.24) is 29.9 Å². The topological polar surface area (TPSA) is 61.6 Å². The Hall–Kier alpha value is -1.63. The van der Waals surface area contributed by atoms with Crippen LogP contribution >= 0.6 is 0 Å². The van der Waals surface area contributed by atoms with Crippen LogP contribution in [0, 0.1) is 18.8 Å². The van der Waals surface area contributed by atoms with Gasteiger partial charge in [0.2, 0.25) is 0 Å². The second kappa shape index (κ2) is 8.80. The Morgan fingerprint density at radius 3 is 2.50 bits per heavy atom. The Morgan fingerprint density at radius 2 is 1.86 bits per heavy atom. The maximum absolute atomic E-state index is 5.01. The SMILES string of the molecule is CCN1CCCC1CNC(=NCc1nnc(C)n1C)N1CC2CCCCC2C1. The van der Waals surface area contributed by atoms with Crippen molar-refractivity contribution >= 4 is 5.96 Å². The first-order valence-electron chi connectivity index (χ1n) is 11.3. The van der Waals surface area contributed by atoms with Gasteiger partial charge in [0.1, 0.15) is 12.4 Å². The fourth-order valence-electron chi connectivity index (χ4n) is 5.33. The molecule has 156 valence electrons. The summed E-state index contributed by atoms with van der Waals surface area (Å²) >= 11 is 0. The van der Waals surface area contributed by atoms with Crippen molar-refractivity contribution in [2.24, 2.45) is 23.9 Å². The Labute approximate surface area is 169 Å². The van der Waals surface area contributed by atoms with E-state index in [-0.39, 0.29) is 0 Å². The molecule has 1 aromatic rings. The van der Waals surface area contributed by atoms with Crippen LogP contribution in [0.2, 0.25) is 0 Å². The predicted molar refractivity (Wildman–Crippen MR) is 112 cm³/mol. The van der Waals surface area contributed by atoms with Gasteiger partial charge in [0.25, 0.3) is 0 Å². The predicted octanol–water partition coefficient (Wildman–Crippen LogP) is 2.18. The molecule has 3 unspecified atom stereocenters. The first-order valence-corrected chi connectivity index (χ1v) is 11.3. The average molecular weight is 388 g/mol. The summed E-state index contributed by atoms with van der Waals surface area (Å²) in [6, 6.07) is 0.636. The van der Waals surface area contributed by atoms with Crippen LogP contribution in [-0.4, -0.2) is 69.3 Å². The maximum atomic E-state index is 5.01. The van der Waals surface area contributed by atoms with Crippen LogP contribution in [0.25, 0.3) is 0 Å². The van der Waals surface area contributed by atoms with Gasteiger partial charge < -0.3 is 14.8 Å². The highest BCUT2D eigenvalue weighted by molar-refractivity contribution is 5.80. The molecule has 4 rings (SSSR count). The Morgan fingerprint density at radius 1 is 1.11 bits per heavy atom. The van der Waals surface area contributed by atoms with E-state index in [1.807, 2.05) is 18.5 Å². The fraction of sp³-hybridized carbons (Fsp3) is 0.857. The van der Waals surface area contributed by atoms with E-state index >= 15 is 0 Å². The van der Waals surface area contributed by atoms with E-state index in [9.17, 15) is 0 Å². The minimum atomic E-state index is 0.591. The quantitative estimate of drug-likeness (QED) is 0.620. The number of aryl methyl sites for hydroxylation is 1. The number of fused-ring (bicyclic) bond motifs is 1. The number of guanidine groups is 1. The molecule has 2 saturated heterocycles. The largest absolute Gasteiger partial charge is 0.355 e. The van der Waals surface area contributed by atoms with E-state index in [2.05, 4.69) is 32.2 Å². The molecule has 2 aliphatic heterocycles. The van der Waals surface area contributed by atoms with Gasteiger partial charge in [0.05, 0.1) is 0 Å². The number of aliphatic imine (C=N–C) groups is 1. The lowest BCUT2D eigenvalue weighted by Gasteiger charge is -2.27. The number of nitrogens with zero attached hydrogens (tertiary/aromatic N) is 6. The van der Waals surface area contributed by atoms with Crippen LogP contribution in [0.4, 0.5) is 0 Å². The van der Waals surface area contributed by atoms with Crippen LogP contribution in [0.3, 0.4) is 0 Å². The third-order valence-corrected chi connectivity index (χ3v) is 7.23. The molecule has 0 amide bonds.